The summed E-state index contributed by atoms with van der Waals surface area (Å²) < 4.78 is 1.83. The van der Waals surface area contributed by atoms with Crippen molar-refractivity contribution in [3.05, 3.63) is 60.3 Å². The Kier molecular flexibility index (Phi) is 2.61. The number of benzene rings is 1. The van der Waals surface area contributed by atoms with Crippen LogP contribution in [0.2, 0.25) is 0 Å². The van der Waals surface area contributed by atoms with Crippen LogP contribution in [0.5, 0.6) is 0 Å². The maximum Gasteiger partial charge on any atom is 0.131 e. The van der Waals surface area contributed by atoms with Crippen molar-refractivity contribution < 1.29 is 5.11 Å². The van der Waals surface area contributed by atoms with Crippen LogP contribution in [0.4, 0.5) is 0 Å². The van der Waals surface area contributed by atoms with Gasteiger partial charge in [0.25, 0.3) is 0 Å². The van der Waals surface area contributed by atoms with E-state index in [0.717, 1.165) is 16.5 Å². The van der Waals surface area contributed by atoms with Gasteiger partial charge >= 0.3 is 0 Å². The van der Waals surface area contributed by atoms with Gasteiger partial charge in [-0.25, -0.2) is 4.98 Å². The molecule has 0 aliphatic rings. The summed E-state index contributed by atoms with van der Waals surface area (Å²) in [6.07, 6.45) is 5.23. The number of para-hydroxylation sites is 1. The minimum Gasteiger partial charge on any atom is -0.379 e. The maximum absolute atomic E-state index is 10.9. The van der Waals surface area contributed by atoms with Crippen LogP contribution in [0.3, 0.4) is 0 Å². The van der Waals surface area contributed by atoms with Gasteiger partial charge in [0.15, 0.2) is 0 Å². The summed E-state index contributed by atoms with van der Waals surface area (Å²) in [6, 6.07) is 9.63. The van der Waals surface area contributed by atoms with Gasteiger partial charge in [0.2, 0.25) is 0 Å². The van der Waals surface area contributed by atoms with E-state index in [0.29, 0.717) is 5.69 Å². The van der Waals surface area contributed by atoms with E-state index in [1.807, 2.05) is 48.1 Å². The highest BCUT2D eigenvalue weighted by atomic mass is 16.3. The monoisotopic (exact) mass is 253 g/mol. The lowest BCUT2D eigenvalue weighted by atomic mass is 9.90. The van der Waals surface area contributed by atoms with Gasteiger partial charge in [0, 0.05) is 30.4 Å². The van der Waals surface area contributed by atoms with Gasteiger partial charge in [-0.3, -0.25) is 4.98 Å². The van der Waals surface area contributed by atoms with E-state index in [9.17, 15) is 5.11 Å². The first-order chi connectivity index (χ1) is 9.09. The predicted molar refractivity (Wildman–Crippen MR) is 73.6 cm³/mol. The molecule has 3 rings (SSSR count). The standard InChI is InChI=1S/C15H15N3O/c1-15(19,14-9-18(2)10-17-14)12-7-8-16-13-6-4-3-5-11(12)13/h3-10,19H,1-2H3. The topological polar surface area (TPSA) is 50.9 Å². The molecule has 4 nitrogen and oxygen atoms in total. The van der Waals surface area contributed by atoms with Crippen molar-refractivity contribution in [2.45, 2.75) is 12.5 Å². The van der Waals surface area contributed by atoms with Crippen LogP contribution in [-0.2, 0) is 12.6 Å². The van der Waals surface area contributed by atoms with E-state index >= 15 is 0 Å². The zero-order valence-corrected chi connectivity index (χ0v) is 10.9. The predicted octanol–water partition coefficient (Wildman–Crippen LogP) is 2.22. The molecule has 96 valence electrons. The smallest absolute Gasteiger partial charge is 0.131 e. The van der Waals surface area contributed by atoms with E-state index < -0.39 is 5.60 Å². The van der Waals surface area contributed by atoms with Crippen LogP contribution in [0.1, 0.15) is 18.2 Å². The normalized spacial score (nSPS) is 14.5. The second kappa shape index (κ2) is 4.17. The van der Waals surface area contributed by atoms with Gasteiger partial charge in [-0.2, -0.15) is 0 Å². The van der Waals surface area contributed by atoms with Crippen LogP contribution in [0, 0.1) is 0 Å². The number of imidazole rings is 1. The van der Waals surface area contributed by atoms with Gasteiger partial charge in [0.1, 0.15) is 5.60 Å². The molecule has 1 aromatic carbocycles. The van der Waals surface area contributed by atoms with Crippen LogP contribution in [-0.4, -0.2) is 19.6 Å². The molecule has 3 aromatic rings. The highest BCUT2D eigenvalue weighted by Gasteiger charge is 2.29. The zero-order valence-electron chi connectivity index (χ0n) is 10.9. The second-order valence-corrected chi connectivity index (χ2v) is 4.87. The number of aliphatic hydroxyl groups is 1. The molecule has 0 radical (unpaired) electrons. The molecule has 0 fully saturated rings. The van der Waals surface area contributed by atoms with Crippen LogP contribution in [0.25, 0.3) is 10.9 Å². The molecule has 0 aliphatic carbocycles. The Balaban J connectivity index is 2.23. The van der Waals surface area contributed by atoms with Crippen molar-refractivity contribution in [3.63, 3.8) is 0 Å². The minimum atomic E-state index is -1.14. The quantitative estimate of drug-likeness (QED) is 0.762. The zero-order chi connectivity index (χ0) is 13.5. The number of pyridine rings is 1. The molecule has 0 amide bonds. The molecular formula is C15H15N3O. The molecule has 0 saturated heterocycles. The first-order valence-electron chi connectivity index (χ1n) is 6.14. The Morgan fingerprint density at radius 3 is 2.68 bits per heavy atom. The first kappa shape index (κ1) is 11.9. The first-order valence-corrected chi connectivity index (χ1v) is 6.14. The number of hydrogen-bond donors (Lipinski definition) is 1. The Hall–Kier alpha value is -2.20. The molecule has 0 bridgehead atoms. The Morgan fingerprint density at radius 2 is 1.95 bits per heavy atom. The number of aryl methyl sites for hydroxylation is 1. The van der Waals surface area contributed by atoms with E-state index in [1.54, 1.807) is 19.4 Å². The molecule has 0 saturated carbocycles. The summed E-state index contributed by atoms with van der Waals surface area (Å²) in [6.45, 7) is 1.76. The third-order valence-corrected chi connectivity index (χ3v) is 3.38. The fourth-order valence-corrected chi connectivity index (χ4v) is 2.32. The minimum absolute atomic E-state index is 0.631. The highest BCUT2D eigenvalue weighted by Crippen LogP contribution is 2.32. The van der Waals surface area contributed by atoms with Crippen LogP contribution >= 0.6 is 0 Å². The molecule has 1 N–H and O–H groups in total. The van der Waals surface area contributed by atoms with Crippen molar-refractivity contribution in [1.82, 2.24) is 14.5 Å². The van der Waals surface area contributed by atoms with Gasteiger partial charge in [-0.05, 0) is 19.1 Å². The lowest BCUT2D eigenvalue weighted by Crippen LogP contribution is -2.23. The molecule has 1 unspecified atom stereocenters. The van der Waals surface area contributed by atoms with Crippen LogP contribution < -0.4 is 0 Å². The van der Waals surface area contributed by atoms with Gasteiger partial charge in [-0.1, -0.05) is 18.2 Å². The molecule has 0 spiro atoms. The molecule has 2 heterocycles. The van der Waals surface area contributed by atoms with Crippen molar-refractivity contribution >= 4 is 10.9 Å². The van der Waals surface area contributed by atoms with Crippen LogP contribution in [0.15, 0.2) is 49.1 Å². The summed E-state index contributed by atoms with van der Waals surface area (Å²) in [5.74, 6) is 0. The van der Waals surface area contributed by atoms with Crippen molar-refractivity contribution in [2.75, 3.05) is 0 Å². The third-order valence-electron chi connectivity index (χ3n) is 3.38. The summed E-state index contributed by atoms with van der Waals surface area (Å²) in [7, 11) is 1.89. The SMILES string of the molecule is Cn1cnc(C(C)(O)c2ccnc3ccccc23)c1. The van der Waals surface area contributed by atoms with Crippen molar-refractivity contribution in [2.24, 2.45) is 7.05 Å². The molecule has 0 aliphatic heterocycles. The maximum atomic E-state index is 10.9. The third kappa shape index (κ3) is 1.90. The highest BCUT2D eigenvalue weighted by molar-refractivity contribution is 5.83. The van der Waals surface area contributed by atoms with E-state index in [-0.39, 0.29) is 0 Å². The number of aromatic nitrogens is 3. The Morgan fingerprint density at radius 1 is 1.16 bits per heavy atom. The number of fused-ring (bicyclic) bond motifs is 1. The average molecular weight is 253 g/mol. The number of nitrogens with zero attached hydrogens (tertiary/aromatic N) is 3. The van der Waals surface area contributed by atoms with Gasteiger partial charge in [-0.15, -0.1) is 0 Å². The Labute approximate surface area is 111 Å². The fraction of sp³-hybridized carbons (Fsp3) is 0.200. The average Bonchev–Trinajstić information content (AvgIpc) is 2.85. The van der Waals surface area contributed by atoms with E-state index in [2.05, 4.69) is 9.97 Å². The van der Waals surface area contributed by atoms with Gasteiger partial charge < -0.3 is 9.67 Å². The summed E-state index contributed by atoms with van der Waals surface area (Å²) in [4.78, 5) is 8.58. The molecule has 19 heavy (non-hydrogen) atoms. The Bertz CT molecular complexity index is 726. The lowest BCUT2D eigenvalue weighted by molar-refractivity contribution is 0.0993. The molecular weight excluding hydrogens is 238 g/mol. The van der Waals surface area contributed by atoms with E-state index in [4.69, 9.17) is 0 Å². The second-order valence-electron chi connectivity index (χ2n) is 4.87. The fourth-order valence-electron chi connectivity index (χ4n) is 2.32. The molecule has 1 atom stereocenters. The van der Waals surface area contributed by atoms with Crippen molar-refractivity contribution in [3.8, 4) is 0 Å². The number of rotatable bonds is 2. The molecule has 2 aromatic heterocycles. The largest absolute Gasteiger partial charge is 0.379 e. The summed E-state index contributed by atoms with van der Waals surface area (Å²) in [5.41, 5.74) is 1.18. The van der Waals surface area contributed by atoms with Crippen molar-refractivity contribution in [1.29, 1.82) is 0 Å². The number of hydrogen-bond acceptors (Lipinski definition) is 3. The lowest BCUT2D eigenvalue weighted by Gasteiger charge is -2.23. The summed E-state index contributed by atoms with van der Waals surface area (Å²) >= 11 is 0. The summed E-state index contributed by atoms with van der Waals surface area (Å²) in [5, 5.41) is 11.8. The van der Waals surface area contributed by atoms with E-state index in [1.165, 1.54) is 0 Å². The molecule has 4 heteroatoms. The van der Waals surface area contributed by atoms with Gasteiger partial charge in [0.05, 0.1) is 17.5 Å².